The minimum Gasteiger partial charge on any atom is -0.508 e. The Balaban J connectivity index is 1.89. The van der Waals surface area contributed by atoms with Crippen LogP contribution in [0.25, 0.3) is 0 Å². The number of nitrogens with zero attached hydrogens (tertiary/aromatic N) is 1. The van der Waals surface area contributed by atoms with Crippen LogP contribution in [0.5, 0.6) is 5.75 Å². The van der Waals surface area contributed by atoms with Crippen molar-refractivity contribution in [3.8, 4) is 5.75 Å². The Morgan fingerprint density at radius 2 is 2.10 bits per heavy atom. The Morgan fingerprint density at radius 1 is 1.38 bits per heavy atom. The van der Waals surface area contributed by atoms with Crippen molar-refractivity contribution in [1.29, 1.82) is 0 Å². The van der Waals surface area contributed by atoms with E-state index in [0.29, 0.717) is 19.6 Å². The van der Waals surface area contributed by atoms with Gasteiger partial charge in [0, 0.05) is 12.5 Å². The van der Waals surface area contributed by atoms with E-state index in [9.17, 15) is 15.0 Å². The van der Waals surface area contributed by atoms with Crippen molar-refractivity contribution >= 4 is 6.09 Å². The van der Waals surface area contributed by atoms with E-state index in [1.807, 2.05) is 19.1 Å². The fourth-order valence-corrected chi connectivity index (χ4v) is 2.60. The van der Waals surface area contributed by atoms with Crippen LogP contribution >= 0.6 is 0 Å². The molecule has 1 heterocycles. The molecule has 116 valence electrons. The van der Waals surface area contributed by atoms with Gasteiger partial charge in [0.1, 0.15) is 5.75 Å². The molecule has 0 radical (unpaired) electrons. The highest BCUT2D eigenvalue weighted by atomic mass is 16.6. The maximum atomic E-state index is 11.9. The van der Waals surface area contributed by atoms with Gasteiger partial charge in [-0.25, -0.2) is 4.79 Å². The van der Waals surface area contributed by atoms with Gasteiger partial charge in [-0.1, -0.05) is 25.5 Å². The molecule has 2 atom stereocenters. The normalized spacial score (nSPS) is 22.1. The Kier molecular flexibility index (Phi) is 5.44. The largest absolute Gasteiger partial charge is 0.508 e. The van der Waals surface area contributed by atoms with E-state index in [0.717, 1.165) is 18.4 Å². The van der Waals surface area contributed by atoms with Crippen molar-refractivity contribution in [2.24, 2.45) is 0 Å². The number of phenols is 1. The van der Waals surface area contributed by atoms with E-state index in [2.05, 4.69) is 0 Å². The first-order chi connectivity index (χ1) is 10.1. The predicted octanol–water partition coefficient (Wildman–Crippen LogP) is 2.48. The number of carbonyl (C=O) groups excluding carboxylic acids is 1. The molecule has 2 N–H and O–H groups in total. The molecule has 0 saturated carbocycles. The van der Waals surface area contributed by atoms with E-state index in [1.54, 1.807) is 17.0 Å². The zero-order valence-electron chi connectivity index (χ0n) is 12.4. The van der Waals surface area contributed by atoms with Gasteiger partial charge >= 0.3 is 6.09 Å². The molecule has 1 aliphatic heterocycles. The molecule has 2 unspecified atom stereocenters. The highest BCUT2D eigenvalue weighted by molar-refractivity contribution is 5.67. The molecule has 1 aliphatic rings. The predicted molar refractivity (Wildman–Crippen MR) is 79.3 cm³/mol. The minimum atomic E-state index is -0.609. The molecule has 1 saturated heterocycles. The first-order valence-corrected chi connectivity index (χ1v) is 7.50. The first-order valence-electron chi connectivity index (χ1n) is 7.50. The molecule has 0 bridgehead atoms. The molecular weight excluding hydrogens is 270 g/mol. The summed E-state index contributed by atoms with van der Waals surface area (Å²) < 4.78 is 5.17. The Bertz CT molecular complexity index is 460. The van der Waals surface area contributed by atoms with Crippen molar-refractivity contribution in [2.75, 3.05) is 19.7 Å². The van der Waals surface area contributed by atoms with Gasteiger partial charge < -0.3 is 19.8 Å². The zero-order valence-corrected chi connectivity index (χ0v) is 12.4. The highest BCUT2D eigenvalue weighted by Gasteiger charge is 2.31. The number of amides is 1. The monoisotopic (exact) mass is 293 g/mol. The number of aromatic hydroxyl groups is 1. The number of β-amino-alcohol motifs (C(OH)–C–C–N with tert-alkyl or cyclic N) is 1. The third-order valence-corrected chi connectivity index (χ3v) is 3.88. The summed E-state index contributed by atoms with van der Waals surface area (Å²) in [7, 11) is 0. The summed E-state index contributed by atoms with van der Waals surface area (Å²) >= 11 is 0. The van der Waals surface area contributed by atoms with Gasteiger partial charge in [-0.3, -0.25) is 0 Å². The number of hydrogen-bond acceptors (Lipinski definition) is 4. The smallest absolute Gasteiger partial charge is 0.409 e. The average molecular weight is 293 g/mol. The number of benzene rings is 1. The van der Waals surface area contributed by atoms with Gasteiger partial charge in [0.2, 0.25) is 0 Å². The second-order valence-corrected chi connectivity index (χ2v) is 5.47. The molecule has 1 fully saturated rings. The number of piperidine rings is 1. The number of hydrogen-bond donors (Lipinski definition) is 2. The quantitative estimate of drug-likeness (QED) is 0.837. The van der Waals surface area contributed by atoms with Gasteiger partial charge in [0.25, 0.3) is 0 Å². The van der Waals surface area contributed by atoms with Crippen molar-refractivity contribution < 1.29 is 19.7 Å². The molecule has 1 aromatic carbocycles. The van der Waals surface area contributed by atoms with Crippen LogP contribution in [0, 0.1) is 0 Å². The van der Waals surface area contributed by atoms with E-state index in [1.165, 1.54) is 0 Å². The molecule has 1 aromatic rings. The number of unbranched alkanes of at least 4 members (excludes halogenated alkanes) is 1. The van der Waals surface area contributed by atoms with Crippen LogP contribution in [0.3, 0.4) is 0 Å². The van der Waals surface area contributed by atoms with Crippen molar-refractivity contribution in [2.45, 2.75) is 38.2 Å². The lowest BCUT2D eigenvalue weighted by Gasteiger charge is -2.35. The van der Waals surface area contributed by atoms with E-state index in [4.69, 9.17) is 4.74 Å². The van der Waals surface area contributed by atoms with Crippen molar-refractivity contribution in [1.82, 2.24) is 4.90 Å². The maximum Gasteiger partial charge on any atom is 0.409 e. The van der Waals surface area contributed by atoms with Gasteiger partial charge in [0.15, 0.2) is 0 Å². The standard InChI is InChI=1S/C16H23NO4/c1-2-3-10-21-16(20)17-9-8-14(15(19)11-17)12-4-6-13(18)7-5-12/h4-7,14-15,18-19H,2-3,8-11H2,1H3. The van der Waals surface area contributed by atoms with Gasteiger partial charge in [-0.2, -0.15) is 0 Å². The van der Waals surface area contributed by atoms with Gasteiger partial charge in [-0.05, 0) is 30.5 Å². The number of aliphatic hydroxyl groups is 1. The van der Waals surface area contributed by atoms with Gasteiger partial charge in [-0.15, -0.1) is 0 Å². The number of phenolic OH excluding ortho intramolecular Hbond substituents is 1. The third-order valence-electron chi connectivity index (χ3n) is 3.88. The third kappa shape index (κ3) is 4.11. The number of likely N-dealkylation sites (tertiary alicyclic amines) is 1. The first kappa shape index (κ1) is 15.6. The lowest BCUT2D eigenvalue weighted by Crippen LogP contribution is -2.46. The second kappa shape index (κ2) is 7.31. The second-order valence-electron chi connectivity index (χ2n) is 5.47. The van der Waals surface area contributed by atoms with E-state index < -0.39 is 6.10 Å². The lowest BCUT2D eigenvalue weighted by molar-refractivity contribution is 0.0365. The summed E-state index contributed by atoms with van der Waals surface area (Å²) in [5.74, 6) is 0.204. The van der Waals surface area contributed by atoms with Crippen LogP contribution in [-0.4, -0.2) is 47.0 Å². The summed E-state index contributed by atoms with van der Waals surface area (Å²) in [6.45, 7) is 3.34. The molecular formula is C16H23NO4. The molecule has 1 amide bonds. The lowest BCUT2D eigenvalue weighted by atomic mass is 9.87. The molecule has 2 rings (SSSR count). The molecule has 0 aliphatic carbocycles. The van der Waals surface area contributed by atoms with Crippen LogP contribution in [0.1, 0.15) is 37.7 Å². The van der Waals surface area contributed by atoms with Crippen LogP contribution < -0.4 is 0 Å². The molecule has 5 heteroatoms. The van der Waals surface area contributed by atoms with E-state index >= 15 is 0 Å². The number of aliphatic hydroxyl groups excluding tert-OH is 1. The summed E-state index contributed by atoms with van der Waals surface area (Å²) in [6.07, 6.45) is 1.58. The fraction of sp³-hybridized carbons (Fsp3) is 0.562. The summed E-state index contributed by atoms with van der Waals surface area (Å²) in [5.41, 5.74) is 0.985. The van der Waals surface area contributed by atoms with Crippen LogP contribution in [-0.2, 0) is 4.74 Å². The summed E-state index contributed by atoms with van der Waals surface area (Å²) in [6, 6.07) is 6.87. The number of carbonyl (C=O) groups is 1. The van der Waals surface area contributed by atoms with Crippen LogP contribution in [0.2, 0.25) is 0 Å². The summed E-state index contributed by atoms with van der Waals surface area (Å²) in [4.78, 5) is 13.4. The zero-order chi connectivity index (χ0) is 15.2. The average Bonchev–Trinajstić information content (AvgIpc) is 2.48. The van der Waals surface area contributed by atoms with Gasteiger partial charge in [0.05, 0.1) is 19.3 Å². The molecule has 0 spiro atoms. The van der Waals surface area contributed by atoms with Crippen molar-refractivity contribution in [3.63, 3.8) is 0 Å². The molecule has 0 aromatic heterocycles. The summed E-state index contributed by atoms with van der Waals surface area (Å²) in [5, 5.41) is 19.6. The molecule has 21 heavy (non-hydrogen) atoms. The molecule has 5 nitrogen and oxygen atoms in total. The highest BCUT2D eigenvalue weighted by Crippen LogP contribution is 2.29. The Morgan fingerprint density at radius 3 is 2.71 bits per heavy atom. The maximum absolute atomic E-state index is 11.9. The SMILES string of the molecule is CCCCOC(=O)N1CCC(c2ccc(O)cc2)C(O)C1. The Hall–Kier alpha value is -1.75. The van der Waals surface area contributed by atoms with Crippen LogP contribution in [0.4, 0.5) is 4.79 Å². The van der Waals surface area contributed by atoms with Crippen molar-refractivity contribution in [3.05, 3.63) is 29.8 Å². The fourth-order valence-electron chi connectivity index (χ4n) is 2.60. The number of rotatable bonds is 4. The van der Waals surface area contributed by atoms with Crippen LogP contribution in [0.15, 0.2) is 24.3 Å². The van der Waals surface area contributed by atoms with E-state index in [-0.39, 0.29) is 24.3 Å². The minimum absolute atomic E-state index is 0.00899. The Labute approximate surface area is 125 Å². The topological polar surface area (TPSA) is 70.0 Å². The number of ether oxygens (including phenoxy) is 1.